The summed E-state index contributed by atoms with van der Waals surface area (Å²) in [6.07, 6.45) is 1.53. The third kappa shape index (κ3) is 4.89. The molecule has 0 spiro atoms. The van der Waals surface area contributed by atoms with Gasteiger partial charge in [0.05, 0.1) is 6.61 Å². The highest BCUT2D eigenvalue weighted by atomic mass is 19.1. The van der Waals surface area contributed by atoms with Crippen molar-refractivity contribution in [1.82, 2.24) is 20.1 Å². The van der Waals surface area contributed by atoms with Gasteiger partial charge in [0, 0.05) is 49.0 Å². The maximum absolute atomic E-state index is 13.4. The van der Waals surface area contributed by atoms with Crippen molar-refractivity contribution in [3.05, 3.63) is 77.0 Å². The van der Waals surface area contributed by atoms with Crippen LogP contribution in [0, 0.1) is 19.7 Å². The van der Waals surface area contributed by atoms with Crippen molar-refractivity contribution in [2.24, 2.45) is 0 Å². The average molecular weight is 464 g/mol. The molecule has 0 aliphatic carbocycles. The first-order valence-corrected chi connectivity index (χ1v) is 10.9. The molecule has 0 saturated heterocycles. The van der Waals surface area contributed by atoms with Gasteiger partial charge in [0.1, 0.15) is 11.6 Å². The summed E-state index contributed by atoms with van der Waals surface area (Å²) in [5, 5.41) is 14.1. The zero-order valence-electron chi connectivity index (χ0n) is 19.3. The van der Waals surface area contributed by atoms with E-state index in [-0.39, 0.29) is 24.1 Å². The third-order valence-corrected chi connectivity index (χ3v) is 5.89. The number of anilines is 1. The van der Waals surface area contributed by atoms with Crippen LogP contribution in [0.3, 0.4) is 0 Å². The van der Waals surface area contributed by atoms with E-state index in [2.05, 4.69) is 20.8 Å². The number of nitrogens with zero attached hydrogens (tertiary/aromatic N) is 3. The van der Waals surface area contributed by atoms with Crippen molar-refractivity contribution in [2.45, 2.75) is 32.7 Å². The van der Waals surface area contributed by atoms with Gasteiger partial charge in [-0.25, -0.2) is 4.39 Å². The highest BCUT2D eigenvalue weighted by Gasteiger charge is 2.29. The van der Waals surface area contributed by atoms with E-state index in [1.54, 1.807) is 19.2 Å². The fourth-order valence-electron chi connectivity index (χ4n) is 3.96. The summed E-state index contributed by atoms with van der Waals surface area (Å²) in [7, 11) is 1.64. The average Bonchev–Trinajstić information content (AvgIpc) is 3.19. The number of ether oxygens (including phenoxy) is 1. The zero-order chi connectivity index (χ0) is 24.2. The summed E-state index contributed by atoms with van der Waals surface area (Å²) in [5.74, 6) is 0.0564. The molecule has 8 nitrogen and oxygen atoms in total. The molecule has 1 atom stereocenters. The van der Waals surface area contributed by atoms with Crippen LogP contribution in [0.25, 0.3) is 11.4 Å². The van der Waals surface area contributed by atoms with E-state index in [0.29, 0.717) is 35.8 Å². The zero-order valence-corrected chi connectivity index (χ0v) is 19.3. The molecule has 0 radical (unpaired) electrons. The molecule has 3 aromatic rings. The number of hydrogen-bond acceptors (Lipinski definition) is 5. The molecule has 2 heterocycles. The number of halogens is 1. The molecule has 2 N–H and O–H groups in total. The number of aromatic nitrogens is 3. The quantitative estimate of drug-likeness (QED) is 0.559. The molecule has 9 heteroatoms. The van der Waals surface area contributed by atoms with Crippen LogP contribution >= 0.6 is 0 Å². The summed E-state index contributed by atoms with van der Waals surface area (Å²) in [5.41, 5.74) is 3.39. The molecule has 2 aromatic carbocycles. The monoisotopic (exact) mass is 463 g/mol. The largest absolute Gasteiger partial charge is 0.383 e. The fraction of sp³-hybridized carbons (Fsp3) is 0.280. The Morgan fingerprint density at radius 1 is 1.21 bits per heavy atom. The molecule has 0 bridgehead atoms. The predicted octanol–water partition coefficient (Wildman–Crippen LogP) is 3.47. The Hall–Kier alpha value is -3.85. The predicted molar refractivity (Wildman–Crippen MR) is 125 cm³/mol. The number of carbonyl (C=O) groups excluding carboxylic acids is 2. The highest BCUT2D eigenvalue weighted by molar-refractivity contribution is 6.07. The Morgan fingerprint density at radius 3 is 2.71 bits per heavy atom. The van der Waals surface area contributed by atoms with Gasteiger partial charge < -0.3 is 19.9 Å². The molecule has 1 unspecified atom stereocenters. The normalized spacial score (nSPS) is 15.6. The molecule has 176 valence electrons. The molecular formula is C25H26FN5O3. The van der Waals surface area contributed by atoms with E-state index in [4.69, 9.17) is 4.74 Å². The lowest BCUT2D eigenvalue weighted by Gasteiger charge is -2.24. The van der Waals surface area contributed by atoms with Gasteiger partial charge in [0.2, 0.25) is 5.91 Å². The molecule has 1 aliphatic heterocycles. The number of hydrogen-bond donors (Lipinski definition) is 2. The maximum Gasteiger partial charge on any atom is 0.253 e. The van der Waals surface area contributed by atoms with Crippen LogP contribution in [-0.4, -0.2) is 40.3 Å². The topological polar surface area (TPSA) is 98.1 Å². The van der Waals surface area contributed by atoms with Crippen LogP contribution in [0.4, 0.5) is 10.1 Å². The van der Waals surface area contributed by atoms with E-state index in [1.165, 1.54) is 18.3 Å². The van der Waals surface area contributed by atoms with E-state index in [0.717, 1.165) is 17.0 Å². The van der Waals surface area contributed by atoms with Gasteiger partial charge in [-0.15, -0.1) is 10.2 Å². The number of benzene rings is 2. The van der Waals surface area contributed by atoms with E-state index >= 15 is 0 Å². The summed E-state index contributed by atoms with van der Waals surface area (Å²) < 4.78 is 20.6. The van der Waals surface area contributed by atoms with E-state index < -0.39 is 5.92 Å². The standard InChI is InChI=1S/C25H26FN5O3/c1-15-4-5-18(24-30-29-16(2)31(24)10-11-34-3)12-22(15)28-25(33)21-14-27-23(32)13-20(21)17-6-8-19(26)9-7-17/h4-9,12,14,20H,10-11,13H2,1-3H3,(H,27,32)(H,28,33). The lowest BCUT2D eigenvalue weighted by molar-refractivity contribution is -0.121. The Kier molecular flexibility index (Phi) is 6.83. The molecule has 1 aliphatic rings. The summed E-state index contributed by atoms with van der Waals surface area (Å²) >= 11 is 0. The van der Waals surface area contributed by atoms with E-state index in [1.807, 2.05) is 36.6 Å². The van der Waals surface area contributed by atoms with Gasteiger partial charge in [-0.2, -0.15) is 0 Å². The van der Waals surface area contributed by atoms with Crippen LogP contribution in [0.5, 0.6) is 0 Å². The first kappa shape index (κ1) is 23.3. The van der Waals surface area contributed by atoms with Gasteiger partial charge in [-0.3, -0.25) is 9.59 Å². The summed E-state index contributed by atoms with van der Waals surface area (Å²) in [6, 6.07) is 11.5. The fourth-order valence-corrected chi connectivity index (χ4v) is 3.96. The first-order chi connectivity index (χ1) is 16.4. The number of nitrogens with one attached hydrogen (secondary N) is 2. The summed E-state index contributed by atoms with van der Waals surface area (Å²) in [4.78, 5) is 25.3. The van der Waals surface area contributed by atoms with Crippen LogP contribution in [0.15, 0.2) is 54.2 Å². The summed E-state index contributed by atoms with van der Waals surface area (Å²) in [6.45, 7) is 4.90. The SMILES string of the molecule is COCCn1c(C)nnc1-c1ccc(C)c(NC(=O)C2=CNC(=O)CC2c2ccc(F)cc2)c1. The Labute approximate surface area is 196 Å². The molecule has 2 amide bonds. The lowest BCUT2D eigenvalue weighted by atomic mass is 9.86. The lowest BCUT2D eigenvalue weighted by Crippen LogP contribution is -2.32. The van der Waals surface area contributed by atoms with Gasteiger partial charge in [0.15, 0.2) is 5.82 Å². The Balaban J connectivity index is 1.62. The van der Waals surface area contributed by atoms with Gasteiger partial charge in [-0.05, 0) is 43.2 Å². The van der Waals surface area contributed by atoms with Crippen molar-refractivity contribution in [1.29, 1.82) is 0 Å². The van der Waals surface area contributed by atoms with Gasteiger partial charge in [-0.1, -0.05) is 24.3 Å². The number of carbonyl (C=O) groups is 2. The maximum atomic E-state index is 13.4. The van der Waals surface area contributed by atoms with Crippen molar-refractivity contribution < 1.29 is 18.7 Å². The second-order valence-corrected chi connectivity index (χ2v) is 8.17. The molecule has 0 saturated carbocycles. The van der Waals surface area contributed by atoms with Crippen LogP contribution < -0.4 is 10.6 Å². The van der Waals surface area contributed by atoms with Gasteiger partial charge in [0.25, 0.3) is 5.91 Å². The minimum Gasteiger partial charge on any atom is -0.383 e. The number of aryl methyl sites for hydroxylation is 2. The molecule has 34 heavy (non-hydrogen) atoms. The van der Waals surface area contributed by atoms with Crippen LogP contribution in [-0.2, 0) is 20.9 Å². The van der Waals surface area contributed by atoms with Crippen LogP contribution in [0.1, 0.15) is 29.3 Å². The van der Waals surface area contributed by atoms with Crippen molar-refractivity contribution in [2.75, 3.05) is 19.0 Å². The third-order valence-electron chi connectivity index (χ3n) is 5.89. The smallest absolute Gasteiger partial charge is 0.253 e. The molecule has 0 fully saturated rings. The van der Waals surface area contributed by atoms with Gasteiger partial charge >= 0.3 is 0 Å². The van der Waals surface area contributed by atoms with Crippen molar-refractivity contribution in [3.8, 4) is 11.4 Å². The van der Waals surface area contributed by atoms with Crippen molar-refractivity contribution in [3.63, 3.8) is 0 Å². The Bertz CT molecular complexity index is 1250. The second-order valence-electron chi connectivity index (χ2n) is 8.17. The molecule has 1 aromatic heterocycles. The molecular weight excluding hydrogens is 437 g/mol. The number of rotatable bonds is 7. The first-order valence-electron chi connectivity index (χ1n) is 10.9. The van der Waals surface area contributed by atoms with Crippen LogP contribution in [0.2, 0.25) is 0 Å². The highest BCUT2D eigenvalue weighted by Crippen LogP contribution is 2.32. The minimum absolute atomic E-state index is 0.103. The Morgan fingerprint density at radius 2 is 1.97 bits per heavy atom. The van der Waals surface area contributed by atoms with Crippen molar-refractivity contribution >= 4 is 17.5 Å². The number of methoxy groups -OCH3 is 1. The van der Waals surface area contributed by atoms with E-state index in [9.17, 15) is 14.0 Å². The minimum atomic E-state index is -0.474. The number of amides is 2. The molecule has 4 rings (SSSR count). The second kappa shape index (κ2) is 9.96.